The van der Waals surface area contributed by atoms with Crippen molar-refractivity contribution in [2.75, 3.05) is 31.5 Å². The van der Waals surface area contributed by atoms with E-state index in [0.717, 1.165) is 26.1 Å². The number of hydrogen-bond acceptors (Lipinski definition) is 4. The second-order valence-corrected chi connectivity index (χ2v) is 6.47. The molecule has 7 heteroatoms. The molecule has 2 unspecified atom stereocenters. The van der Waals surface area contributed by atoms with Gasteiger partial charge in [-0.2, -0.15) is 0 Å². The van der Waals surface area contributed by atoms with Crippen LogP contribution in [0.5, 0.6) is 0 Å². The first-order valence-electron chi connectivity index (χ1n) is 7.19. The van der Waals surface area contributed by atoms with Gasteiger partial charge in [0.05, 0.1) is 16.6 Å². The zero-order valence-corrected chi connectivity index (χ0v) is 13.1. The summed E-state index contributed by atoms with van der Waals surface area (Å²) in [5.41, 5.74) is 0. The highest BCUT2D eigenvalue weighted by Gasteiger charge is 2.35. The Kier molecular flexibility index (Phi) is 4.64. The lowest BCUT2D eigenvalue weighted by atomic mass is 9.92. The number of carbonyl (C=O) groups excluding carboxylic acids is 1. The SMILES string of the molecule is O=C(CN1CCCC2CNCC21)Nc1ncc(Cl)cc1Cl. The van der Waals surface area contributed by atoms with Crippen LogP contribution in [0.25, 0.3) is 0 Å². The number of fused-ring (bicyclic) bond motifs is 1. The number of halogens is 2. The zero-order chi connectivity index (χ0) is 14.8. The number of nitrogens with zero attached hydrogens (tertiary/aromatic N) is 2. The summed E-state index contributed by atoms with van der Waals surface area (Å²) in [6, 6.07) is 2.04. The van der Waals surface area contributed by atoms with Crippen LogP contribution in [0.3, 0.4) is 0 Å². The summed E-state index contributed by atoms with van der Waals surface area (Å²) in [5.74, 6) is 0.951. The predicted molar refractivity (Wildman–Crippen MR) is 83.8 cm³/mol. The molecule has 2 N–H and O–H groups in total. The fourth-order valence-corrected chi connectivity index (χ4v) is 3.65. The van der Waals surface area contributed by atoms with Crippen molar-refractivity contribution in [1.82, 2.24) is 15.2 Å². The topological polar surface area (TPSA) is 57.3 Å². The number of anilines is 1. The fraction of sp³-hybridized carbons (Fsp3) is 0.571. The molecular weight excluding hydrogens is 311 g/mol. The monoisotopic (exact) mass is 328 g/mol. The lowest BCUT2D eigenvalue weighted by Gasteiger charge is -2.36. The second kappa shape index (κ2) is 6.48. The maximum absolute atomic E-state index is 12.2. The van der Waals surface area contributed by atoms with Crippen molar-refractivity contribution in [3.05, 3.63) is 22.3 Å². The van der Waals surface area contributed by atoms with Gasteiger partial charge in [-0.3, -0.25) is 9.69 Å². The Morgan fingerprint density at radius 2 is 2.33 bits per heavy atom. The molecule has 0 radical (unpaired) electrons. The number of pyridine rings is 1. The van der Waals surface area contributed by atoms with Gasteiger partial charge in [0, 0.05) is 18.8 Å². The first kappa shape index (κ1) is 15.0. The predicted octanol–water partition coefficient (Wildman–Crippen LogP) is 2.01. The van der Waals surface area contributed by atoms with Crippen LogP contribution in [-0.4, -0.2) is 48.0 Å². The molecular formula is C14H18Cl2N4O. The second-order valence-electron chi connectivity index (χ2n) is 5.63. The minimum absolute atomic E-state index is 0.0840. The molecule has 0 spiro atoms. The molecule has 1 amide bonds. The van der Waals surface area contributed by atoms with Crippen molar-refractivity contribution < 1.29 is 4.79 Å². The number of rotatable bonds is 3. The van der Waals surface area contributed by atoms with Gasteiger partial charge >= 0.3 is 0 Å². The van der Waals surface area contributed by atoms with Gasteiger partial charge in [-0.15, -0.1) is 0 Å². The molecule has 0 aromatic carbocycles. The molecule has 5 nitrogen and oxygen atoms in total. The first-order chi connectivity index (χ1) is 10.1. The van der Waals surface area contributed by atoms with Crippen LogP contribution in [0, 0.1) is 5.92 Å². The summed E-state index contributed by atoms with van der Waals surface area (Å²) in [6.07, 6.45) is 3.87. The number of carbonyl (C=O) groups is 1. The van der Waals surface area contributed by atoms with Gasteiger partial charge in [-0.25, -0.2) is 4.98 Å². The highest BCUT2D eigenvalue weighted by Crippen LogP contribution is 2.26. The molecule has 2 fully saturated rings. The van der Waals surface area contributed by atoms with Crippen LogP contribution in [0.4, 0.5) is 5.82 Å². The number of hydrogen-bond donors (Lipinski definition) is 2. The van der Waals surface area contributed by atoms with E-state index in [1.165, 1.54) is 12.6 Å². The van der Waals surface area contributed by atoms with Crippen LogP contribution in [-0.2, 0) is 4.79 Å². The van der Waals surface area contributed by atoms with E-state index in [-0.39, 0.29) is 5.91 Å². The van der Waals surface area contributed by atoms with Gasteiger partial charge in [0.15, 0.2) is 5.82 Å². The van der Waals surface area contributed by atoms with Gasteiger partial charge in [0.1, 0.15) is 0 Å². The largest absolute Gasteiger partial charge is 0.315 e. The third-order valence-electron chi connectivity index (χ3n) is 4.21. The van der Waals surface area contributed by atoms with Gasteiger partial charge in [-0.05, 0) is 37.9 Å². The first-order valence-corrected chi connectivity index (χ1v) is 7.95. The van der Waals surface area contributed by atoms with Crippen LogP contribution >= 0.6 is 23.2 Å². The van der Waals surface area contributed by atoms with Crippen molar-refractivity contribution in [2.45, 2.75) is 18.9 Å². The molecule has 0 saturated carbocycles. The number of aromatic nitrogens is 1. The molecule has 1 aromatic rings. The van der Waals surface area contributed by atoms with Crippen LogP contribution in [0.1, 0.15) is 12.8 Å². The van der Waals surface area contributed by atoms with E-state index in [2.05, 4.69) is 20.5 Å². The summed E-state index contributed by atoms with van der Waals surface area (Å²) >= 11 is 11.8. The van der Waals surface area contributed by atoms with Crippen molar-refractivity contribution in [3.8, 4) is 0 Å². The van der Waals surface area contributed by atoms with Gasteiger partial charge in [0.25, 0.3) is 0 Å². The van der Waals surface area contributed by atoms with E-state index >= 15 is 0 Å². The Hall–Kier alpha value is -0.880. The Morgan fingerprint density at radius 3 is 3.14 bits per heavy atom. The van der Waals surface area contributed by atoms with Crippen LogP contribution < -0.4 is 10.6 Å². The molecule has 1 aromatic heterocycles. The van der Waals surface area contributed by atoms with Gasteiger partial charge in [-0.1, -0.05) is 23.2 Å². The molecule has 0 aliphatic carbocycles. The molecule has 0 bridgehead atoms. The number of nitrogens with one attached hydrogen (secondary N) is 2. The minimum atomic E-state index is -0.0840. The highest BCUT2D eigenvalue weighted by atomic mass is 35.5. The third kappa shape index (κ3) is 3.48. The highest BCUT2D eigenvalue weighted by molar-refractivity contribution is 6.36. The third-order valence-corrected chi connectivity index (χ3v) is 4.70. The maximum atomic E-state index is 12.2. The number of amides is 1. The van der Waals surface area contributed by atoms with E-state index in [1.54, 1.807) is 6.07 Å². The average Bonchev–Trinajstić information content (AvgIpc) is 2.91. The Balaban J connectivity index is 1.61. The molecule has 2 aliphatic rings. The standard InChI is InChI=1S/C14H18Cl2N4O/c15-10-4-11(16)14(18-6-10)19-13(21)8-20-3-1-2-9-5-17-7-12(9)20/h4,6,9,12,17H,1-3,5,7-8H2,(H,18,19,21). The summed E-state index contributed by atoms with van der Waals surface area (Å²) in [7, 11) is 0. The van der Waals surface area contributed by atoms with Crippen molar-refractivity contribution in [1.29, 1.82) is 0 Å². The normalized spacial score (nSPS) is 25.6. The van der Waals surface area contributed by atoms with Gasteiger partial charge < -0.3 is 10.6 Å². The molecule has 21 heavy (non-hydrogen) atoms. The van der Waals surface area contributed by atoms with E-state index in [1.807, 2.05) is 0 Å². The van der Waals surface area contributed by atoms with E-state index in [0.29, 0.717) is 34.4 Å². The maximum Gasteiger partial charge on any atom is 0.239 e. The van der Waals surface area contributed by atoms with Crippen LogP contribution in [0.15, 0.2) is 12.3 Å². The molecule has 2 aliphatic heterocycles. The lowest BCUT2D eigenvalue weighted by molar-refractivity contribution is -0.118. The summed E-state index contributed by atoms with van der Waals surface area (Å²) in [4.78, 5) is 18.5. The summed E-state index contributed by atoms with van der Waals surface area (Å²) < 4.78 is 0. The summed E-state index contributed by atoms with van der Waals surface area (Å²) in [6.45, 7) is 3.38. The smallest absolute Gasteiger partial charge is 0.239 e. The lowest BCUT2D eigenvalue weighted by Crippen LogP contribution is -2.48. The fourth-order valence-electron chi connectivity index (χ4n) is 3.22. The quantitative estimate of drug-likeness (QED) is 0.891. The van der Waals surface area contributed by atoms with Crippen LogP contribution in [0.2, 0.25) is 10.0 Å². The molecule has 114 valence electrons. The Morgan fingerprint density at radius 1 is 1.48 bits per heavy atom. The average molecular weight is 329 g/mol. The van der Waals surface area contributed by atoms with Crippen molar-refractivity contribution in [3.63, 3.8) is 0 Å². The van der Waals surface area contributed by atoms with Gasteiger partial charge in [0.2, 0.25) is 5.91 Å². The Labute approximate surface area is 134 Å². The molecule has 3 heterocycles. The molecule has 3 rings (SSSR count). The van der Waals surface area contributed by atoms with E-state index in [9.17, 15) is 4.79 Å². The van der Waals surface area contributed by atoms with E-state index < -0.39 is 0 Å². The Bertz CT molecular complexity index is 540. The number of likely N-dealkylation sites (tertiary alicyclic amines) is 1. The molecule has 2 atom stereocenters. The minimum Gasteiger partial charge on any atom is -0.315 e. The van der Waals surface area contributed by atoms with Crippen molar-refractivity contribution in [2.24, 2.45) is 5.92 Å². The molecule has 2 saturated heterocycles. The number of piperidine rings is 1. The van der Waals surface area contributed by atoms with Crippen molar-refractivity contribution >= 4 is 34.9 Å². The summed E-state index contributed by atoms with van der Waals surface area (Å²) in [5, 5.41) is 6.98. The van der Waals surface area contributed by atoms with E-state index in [4.69, 9.17) is 23.2 Å². The zero-order valence-electron chi connectivity index (χ0n) is 11.6.